The minimum absolute atomic E-state index is 0.0327. The number of ketones is 2. The quantitative estimate of drug-likeness (QED) is 0.0555. The Balaban J connectivity index is 1.05. The third-order valence-corrected chi connectivity index (χ3v) is 13.1. The van der Waals surface area contributed by atoms with Crippen LogP contribution in [0.2, 0.25) is 0 Å². The number of hydrogen-bond donors (Lipinski definition) is 2. The predicted molar refractivity (Wildman–Crippen MR) is 242 cm³/mol. The topological polar surface area (TPSA) is 198 Å². The summed E-state index contributed by atoms with van der Waals surface area (Å²) in [5.41, 5.74) is 0.790. The van der Waals surface area contributed by atoms with E-state index in [1.165, 1.54) is 31.3 Å². The first-order chi connectivity index (χ1) is 31.6. The second-order valence-electron chi connectivity index (χ2n) is 17.1. The van der Waals surface area contributed by atoms with Gasteiger partial charge < -0.3 is 29.6 Å². The Bertz CT molecular complexity index is 2620. The van der Waals surface area contributed by atoms with Crippen LogP contribution in [-0.4, -0.2) is 79.7 Å². The average Bonchev–Trinajstić information content (AvgIpc) is 3.30. The molecule has 2 unspecified atom stereocenters. The number of carbonyl (C=O) groups excluding carboxylic acids is 8. The Kier molecular flexibility index (Phi) is 14.2. The average molecular weight is 913 g/mol. The van der Waals surface area contributed by atoms with E-state index in [-0.39, 0.29) is 45.8 Å². The van der Waals surface area contributed by atoms with Crippen molar-refractivity contribution in [3.63, 3.8) is 0 Å². The maximum absolute atomic E-state index is 14.0. The highest BCUT2D eigenvalue weighted by atomic mass is 32.2. The Morgan fingerprint density at radius 3 is 1.68 bits per heavy atom. The van der Waals surface area contributed by atoms with Crippen molar-refractivity contribution in [2.24, 2.45) is 17.3 Å². The van der Waals surface area contributed by atoms with Crippen molar-refractivity contribution in [2.75, 3.05) is 32.2 Å². The van der Waals surface area contributed by atoms with Gasteiger partial charge in [0.2, 0.25) is 0 Å². The fraction of sp³-hybridized carbons (Fsp3) is 0.294. The molecule has 0 radical (unpaired) electrons. The maximum Gasteiger partial charge on any atom is 0.339 e. The summed E-state index contributed by atoms with van der Waals surface area (Å²) < 4.78 is 22.5. The number of esters is 4. The molecule has 340 valence electrons. The lowest BCUT2D eigenvalue weighted by molar-refractivity contribution is -0.177. The second kappa shape index (κ2) is 19.9. The highest BCUT2D eigenvalue weighted by Gasteiger charge is 2.60. The summed E-state index contributed by atoms with van der Waals surface area (Å²) in [6.45, 7) is 7.80. The molecule has 2 atom stereocenters. The minimum atomic E-state index is -0.944. The summed E-state index contributed by atoms with van der Waals surface area (Å²) in [7, 11) is 1.39. The first-order valence-electron chi connectivity index (χ1n) is 21.3. The van der Waals surface area contributed by atoms with Crippen molar-refractivity contribution >= 4 is 64.7 Å². The van der Waals surface area contributed by atoms with Crippen molar-refractivity contribution in [3.8, 4) is 0 Å². The smallest absolute Gasteiger partial charge is 0.339 e. The Labute approximate surface area is 385 Å². The Hall–Kier alpha value is -7.13. The number of rotatable bonds is 18. The summed E-state index contributed by atoms with van der Waals surface area (Å²) in [6, 6.07) is 22.1. The third-order valence-electron chi connectivity index (χ3n) is 12.1. The number of benzene rings is 4. The standard InChI is InChI=1S/C51H48N2O12S/c1-5-36(54)26-62-48(60)40-17-15-38(20-42(40)44(56)52-4)66-39-16-18-41(49(61)63-27-37(55)6-2)43(21-39)45(57)53-35-13-11-34(12-14-35)47(59)65-51-24-31-19-32(25-51)23-50(22-31,28-51)29-64-46(58)33-9-7-30(3)8-10-33/h5-18,20-21,31-32H,1-2,19,22-29H2,3-4H3,(H,52,56)(H,53,57). The molecule has 2 amide bonds. The molecule has 4 saturated carbocycles. The summed E-state index contributed by atoms with van der Waals surface area (Å²) in [4.78, 5) is 104. The van der Waals surface area contributed by atoms with Gasteiger partial charge in [-0.3, -0.25) is 19.2 Å². The molecular formula is C51H48N2O12S. The van der Waals surface area contributed by atoms with Crippen LogP contribution in [0.4, 0.5) is 5.69 Å². The molecule has 14 nitrogen and oxygen atoms in total. The number of carbonyl (C=O) groups is 8. The monoisotopic (exact) mass is 912 g/mol. The van der Waals surface area contributed by atoms with Crippen LogP contribution in [0.25, 0.3) is 0 Å². The number of nitrogens with one attached hydrogen (secondary N) is 2. The van der Waals surface area contributed by atoms with Gasteiger partial charge in [0.15, 0.2) is 24.8 Å². The number of aryl methyl sites for hydroxylation is 1. The van der Waals surface area contributed by atoms with Crippen LogP contribution in [-0.2, 0) is 28.5 Å². The molecule has 4 aliphatic carbocycles. The maximum atomic E-state index is 14.0. The van der Waals surface area contributed by atoms with Crippen molar-refractivity contribution in [2.45, 2.75) is 60.8 Å². The van der Waals surface area contributed by atoms with Gasteiger partial charge in [0, 0.05) is 27.9 Å². The lowest BCUT2D eigenvalue weighted by atomic mass is 9.48. The van der Waals surface area contributed by atoms with Gasteiger partial charge in [-0.15, -0.1) is 0 Å². The molecule has 4 fully saturated rings. The fourth-order valence-electron chi connectivity index (χ4n) is 9.51. The first-order valence-corrected chi connectivity index (χ1v) is 22.1. The predicted octanol–water partition coefficient (Wildman–Crippen LogP) is 7.93. The second-order valence-corrected chi connectivity index (χ2v) is 18.2. The van der Waals surface area contributed by atoms with E-state index in [1.807, 2.05) is 19.1 Å². The number of anilines is 1. The Morgan fingerprint density at radius 2 is 1.15 bits per heavy atom. The van der Waals surface area contributed by atoms with E-state index in [2.05, 4.69) is 23.8 Å². The lowest BCUT2D eigenvalue weighted by Gasteiger charge is -2.60. The van der Waals surface area contributed by atoms with Crippen molar-refractivity contribution in [1.82, 2.24) is 5.32 Å². The fourth-order valence-corrected chi connectivity index (χ4v) is 10.4. The van der Waals surface area contributed by atoms with Gasteiger partial charge in [-0.1, -0.05) is 42.6 Å². The molecule has 4 aliphatic rings. The summed E-state index contributed by atoms with van der Waals surface area (Å²) >= 11 is 1.11. The van der Waals surface area contributed by atoms with Crippen LogP contribution < -0.4 is 10.6 Å². The zero-order valence-electron chi connectivity index (χ0n) is 36.5. The van der Waals surface area contributed by atoms with E-state index in [0.717, 1.165) is 61.6 Å². The molecule has 0 saturated heterocycles. The Morgan fingerprint density at radius 1 is 0.636 bits per heavy atom. The van der Waals surface area contributed by atoms with E-state index >= 15 is 0 Å². The molecular weight excluding hydrogens is 865 g/mol. The van der Waals surface area contributed by atoms with E-state index < -0.39 is 60.1 Å². The normalized spacial score (nSPS) is 20.0. The minimum Gasteiger partial charge on any atom is -0.462 e. The number of amides is 2. The summed E-state index contributed by atoms with van der Waals surface area (Å²) in [5.74, 6) is -4.37. The zero-order chi connectivity index (χ0) is 47.2. The van der Waals surface area contributed by atoms with Gasteiger partial charge in [-0.2, -0.15) is 0 Å². The molecule has 0 aromatic heterocycles. The number of ether oxygens (including phenoxy) is 4. The van der Waals surface area contributed by atoms with E-state index in [1.54, 1.807) is 48.5 Å². The molecule has 0 aliphatic heterocycles. The van der Waals surface area contributed by atoms with Crippen LogP contribution in [0.3, 0.4) is 0 Å². The largest absolute Gasteiger partial charge is 0.462 e. The van der Waals surface area contributed by atoms with Gasteiger partial charge >= 0.3 is 23.9 Å². The first kappa shape index (κ1) is 46.9. The van der Waals surface area contributed by atoms with Gasteiger partial charge in [0.25, 0.3) is 11.8 Å². The van der Waals surface area contributed by atoms with E-state index in [0.29, 0.717) is 39.3 Å². The van der Waals surface area contributed by atoms with Crippen molar-refractivity contribution in [1.29, 1.82) is 0 Å². The van der Waals surface area contributed by atoms with E-state index in [4.69, 9.17) is 18.9 Å². The SMILES string of the molecule is C=CC(=O)COC(=O)c1ccc(Sc2ccc(C(=O)OCC(=O)C=C)c(C(=O)Nc3ccc(C(=O)OC45CC6CC(CC(COC(=O)c7ccc(C)cc7)(C6)C4)C5)cc3)c2)cc1C(=O)NC. The molecule has 8 rings (SSSR count). The van der Waals surface area contributed by atoms with Crippen LogP contribution in [0.5, 0.6) is 0 Å². The van der Waals surface area contributed by atoms with Gasteiger partial charge in [-0.05, 0) is 142 Å². The third kappa shape index (κ3) is 10.9. The van der Waals surface area contributed by atoms with E-state index in [9.17, 15) is 38.4 Å². The molecule has 66 heavy (non-hydrogen) atoms. The molecule has 15 heteroatoms. The zero-order valence-corrected chi connectivity index (χ0v) is 37.3. The van der Waals surface area contributed by atoms with Gasteiger partial charge in [0.1, 0.15) is 5.60 Å². The van der Waals surface area contributed by atoms with Gasteiger partial charge in [0.05, 0.1) is 40.0 Å². The molecule has 4 aromatic rings. The van der Waals surface area contributed by atoms with Crippen molar-refractivity contribution < 1.29 is 57.3 Å². The molecule has 2 N–H and O–H groups in total. The van der Waals surface area contributed by atoms with Crippen LogP contribution in [0, 0.1) is 24.2 Å². The van der Waals surface area contributed by atoms with Crippen LogP contribution in [0.1, 0.15) is 106 Å². The van der Waals surface area contributed by atoms with Crippen LogP contribution >= 0.6 is 11.8 Å². The van der Waals surface area contributed by atoms with Crippen LogP contribution in [0.15, 0.2) is 120 Å². The number of hydrogen-bond acceptors (Lipinski definition) is 13. The highest BCUT2D eigenvalue weighted by Crippen LogP contribution is 2.63. The summed E-state index contributed by atoms with van der Waals surface area (Å²) in [6.07, 6.45) is 7.00. The van der Waals surface area contributed by atoms with Crippen molar-refractivity contribution in [3.05, 3.63) is 149 Å². The highest BCUT2D eigenvalue weighted by molar-refractivity contribution is 7.99. The molecule has 4 aromatic carbocycles. The molecule has 0 spiro atoms. The molecule has 0 heterocycles. The molecule has 4 bridgehead atoms. The lowest BCUT2D eigenvalue weighted by Crippen LogP contribution is -2.58. The van der Waals surface area contributed by atoms with Gasteiger partial charge in [-0.25, -0.2) is 19.2 Å². The summed E-state index contributed by atoms with van der Waals surface area (Å²) in [5, 5.41) is 5.24.